The molecular weight excluding hydrogens is 303 g/mol. The molecule has 0 unspecified atom stereocenters. The van der Waals surface area contributed by atoms with Crippen molar-refractivity contribution in [3.63, 3.8) is 0 Å². The lowest BCUT2D eigenvalue weighted by atomic mass is 10.3. The first kappa shape index (κ1) is 16.5. The van der Waals surface area contributed by atoms with E-state index in [1.54, 1.807) is 17.0 Å². The van der Waals surface area contributed by atoms with E-state index < -0.39 is 0 Å². The van der Waals surface area contributed by atoms with Gasteiger partial charge in [0.05, 0.1) is 5.75 Å². The van der Waals surface area contributed by atoms with E-state index in [1.807, 2.05) is 25.3 Å². The summed E-state index contributed by atoms with van der Waals surface area (Å²) in [7, 11) is 0. The Hall–Kier alpha value is -1.89. The van der Waals surface area contributed by atoms with Gasteiger partial charge in [0.25, 0.3) is 0 Å². The van der Waals surface area contributed by atoms with Crippen LogP contribution in [0, 0.1) is 12.7 Å². The molecule has 1 heterocycles. The van der Waals surface area contributed by atoms with Crippen LogP contribution in [-0.2, 0) is 4.79 Å². The van der Waals surface area contributed by atoms with Crippen molar-refractivity contribution < 1.29 is 9.18 Å². The normalized spacial score (nSPS) is 10.7. The van der Waals surface area contributed by atoms with Gasteiger partial charge in [0.2, 0.25) is 5.91 Å². The molecule has 0 saturated carbocycles. The summed E-state index contributed by atoms with van der Waals surface area (Å²) < 4.78 is 14.9. The van der Waals surface area contributed by atoms with Gasteiger partial charge in [-0.2, -0.15) is 0 Å². The molecule has 2 rings (SSSR count). The minimum Gasteiger partial charge on any atom is -0.343 e. The average Bonchev–Trinajstić information content (AvgIpc) is 2.88. The number of halogens is 1. The van der Waals surface area contributed by atoms with E-state index in [0.717, 1.165) is 5.69 Å². The second-order valence-electron chi connectivity index (χ2n) is 4.70. The van der Waals surface area contributed by atoms with E-state index in [0.29, 0.717) is 29.8 Å². The van der Waals surface area contributed by atoms with Gasteiger partial charge in [-0.25, -0.2) is 4.39 Å². The molecule has 0 radical (unpaired) electrons. The maximum absolute atomic E-state index is 13.1. The van der Waals surface area contributed by atoms with Crippen molar-refractivity contribution in [1.29, 1.82) is 0 Å². The molecule has 0 atom stereocenters. The van der Waals surface area contributed by atoms with Crippen molar-refractivity contribution in [2.45, 2.75) is 25.9 Å². The summed E-state index contributed by atoms with van der Waals surface area (Å²) in [5, 5.41) is 8.79. The Balaban J connectivity index is 2.16. The van der Waals surface area contributed by atoms with Gasteiger partial charge >= 0.3 is 0 Å². The number of carbonyl (C=O) groups excluding carboxylic acids is 1. The third-order valence-corrected chi connectivity index (χ3v) is 4.23. The molecule has 1 aromatic carbocycles. The zero-order chi connectivity index (χ0) is 16.1. The number of carbonyl (C=O) groups is 1. The van der Waals surface area contributed by atoms with Crippen molar-refractivity contribution in [1.82, 2.24) is 19.7 Å². The third-order valence-electron chi connectivity index (χ3n) is 3.32. The highest BCUT2D eigenvalue weighted by Crippen LogP contribution is 2.22. The number of nitrogens with zero attached hydrogens (tertiary/aromatic N) is 4. The Labute approximate surface area is 133 Å². The van der Waals surface area contributed by atoms with Crippen LogP contribution in [0.4, 0.5) is 4.39 Å². The Morgan fingerprint density at radius 2 is 1.86 bits per heavy atom. The summed E-state index contributed by atoms with van der Waals surface area (Å²) in [4.78, 5) is 13.9. The maximum atomic E-state index is 13.1. The van der Waals surface area contributed by atoms with E-state index in [-0.39, 0.29) is 11.7 Å². The molecule has 22 heavy (non-hydrogen) atoms. The third kappa shape index (κ3) is 3.65. The topological polar surface area (TPSA) is 51.0 Å². The Kier molecular flexibility index (Phi) is 5.54. The largest absolute Gasteiger partial charge is 0.343 e. The van der Waals surface area contributed by atoms with E-state index in [1.165, 1.54) is 23.9 Å². The van der Waals surface area contributed by atoms with Crippen LogP contribution in [0.5, 0.6) is 0 Å². The van der Waals surface area contributed by atoms with Crippen LogP contribution in [0.1, 0.15) is 19.7 Å². The van der Waals surface area contributed by atoms with Crippen molar-refractivity contribution >= 4 is 17.7 Å². The van der Waals surface area contributed by atoms with Gasteiger partial charge in [0.15, 0.2) is 5.16 Å². The highest BCUT2D eigenvalue weighted by atomic mass is 32.2. The second-order valence-corrected chi connectivity index (χ2v) is 5.64. The molecule has 118 valence electrons. The fourth-order valence-electron chi connectivity index (χ4n) is 2.12. The fourth-order valence-corrected chi connectivity index (χ4v) is 3.02. The van der Waals surface area contributed by atoms with Gasteiger partial charge in [-0.05, 0) is 45.0 Å². The van der Waals surface area contributed by atoms with Gasteiger partial charge in [-0.1, -0.05) is 11.8 Å². The summed E-state index contributed by atoms with van der Waals surface area (Å²) in [6.07, 6.45) is 0. The molecule has 0 spiro atoms. The first-order valence-corrected chi connectivity index (χ1v) is 8.13. The fraction of sp³-hybridized carbons (Fsp3) is 0.400. The van der Waals surface area contributed by atoms with Crippen LogP contribution >= 0.6 is 11.8 Å². The molecule has 0 aliphatic rings. The standard InChI is InChI=1S/C15H19FN4OS/c1-4-19(5-2)14(21)10-22-15-18-17-11(3)20(15)13-8-6-12(16)7-9-13/h6-9H,4-5,10H2,1-3H3. The van der Waals surface area contributed by atoms with Crippen LogP contribution in [-0.4, -0.2) is 44.4 Å². The molecule has 0 fully saturated rings. The highest BCUT2D eigenvalue weighted by molar-refractivity contribution is 7.99. The Morgan fingerprint density at radius 1 is 1.23 bits per heavy atom. The molecule has 0 saturated heterocycles. The number of aromatic nitrogens is 3. The molecule has 0 bridgehead atoms. The predicted octanol–water partition coefficient (Wildman–Crippen LogP) is 2.68. The Bertz CT molecular complexity index is 637. The minimum atomic E-state index is -0.291. The summed E-state index contributed by atoms with van der Waals surface area (Å²) in [5.74, 6) is 0.784. The van der Waals surface area contributed by atoms with E-state index in [4.69, 9.17) is 0 Å². The van der Waals surface area contributed by atoms with Crippen molar-refractivity contribution in [3.05, 3.63) is 35.9 Å². The lowest BCUT2D eigenvalue weighted by Gasteiger charge is -2.18. The van der Waals surface area contributed by atoms with Crippen LogP contribution in [0.2, 0.25) is 0 Å². The van der Waals surface area contributed by atoms with E-state index in [2.05, 4.69) is 10.2 Å². The Morgan fingerprint density at radius 3 is 2.45 bits per heavy atom. The zero-order valence-electron chi connectivity index (χ0n) is 12.9. The van der Waals surface area contributed by atoms with Gasteiger partial charge in [-0.3, -0.25) is 9.36 Å². The van der Waals surface area contributed by atoms with Crippen LogP contribution in [0.25, 0.3) is 5.69 Å². The van der Waals surface area contributed by atoms with Crippen LogP contribution < -0.4 is 0 Å². The van der Waals surface area contributed by atoms with Gasteiger partial charge in [0, 0.05) is 18.8 Å². The maximum Gasteiger partial charge on any atom is 0.233 e. The lowest BCUT2D eigenvalue weighted by Crippen LogP contribution is -2.31. The number of hydrogen-bond acceptors (Lipinski definition) is 4. The number of rotatable bonds is 6. The van der Waals surface area contributed by atoms with Crippen LogP contribution in [0.3, 0.4) is 0 Å². The molecule has 0 aliphatic heterocycles. The summed E-state index contributed by atoms with van der Waals surface area (Å²) >= 11 is 1.34. The first-order valence-electron chi connectivity index (χ1n) is 7.15. The summed E-state index contributed by atoms with van der Waals surface area (Å²) in [5.41, 5.74) is 0.779. The van der Waals surface area contributed by atoms with Crippen LogP contribution in [0.15, 0.2) is 29.4 Å². The van der Waals surface area contributed by atoms with Gasteiger partial charge in [-0.15, -0.1) is 10.2 Å². The molecule has 5 nitrogen and oxygen atoms in total. The highest BCUT2D eigenvalue weighted by Gasteiger charge is 2.15. The SMILES string of the molecule is CCN(CC)C(=O)CSc1nnc(C)n1-c1ccc(F)cc1. The smallest absolute Gasteiger partial charge is 0.233 e. The molecule has 1 amide bonds. The first-order chi connectivity index (χ1) is 10.6. The zero-order valence-corrected chi connectivity index (χ0v) is 13.7. The quantitative estimate of drug-likeness (QED) is 0.767. The van der Waals surface area contributed by atoms with E-state index >= 15 is 0 Å². The molecule has 7 heteroatoms. The van der Waals surface area contributed by atoms with Gasteiger partial charge < -0.3 is 4.90 Å². The van der Waals surface area contributed by atoms with E-state index in [9.17, 15) is 9.18 Å². The monoisotopic (exact) mass is 322 g/mol. The molecular formula is C15H19FN4OS. The van der Waals surface area contributed by atoms with Crippen molar-refractivity contribution in [2.24, 2.45) is 0 Å². The number of aryl methyl sites for hydroxylation is 1. The van der Waals surface area contributed by atoms with Crippen molar-refractivity contribution in [2.75, 3.05) is 18.8 Å². The molecule has 1 aromatic heterocycles. The number of amides is 1. The number of thioether (sulfide) groups is 1. The average molecular weight is 322 g/mol. The number of benzene rings is 1. The molecule has 2 aromatic rings. The van der Waals surface area contributed by atoms with Crippen molar-refractivity contribution in [3.8, 4) is 5.69 Å². The lowest BCUT2D eigenvalue weighted by molar-refractivity contribution is -0.127. The minimum absolute atomic E-state index is 0.0707. The van der Waals surface area contributed by atoms with Gasteiger partial charge in [0.1, 0.15) is 11.6 Å². The number of hydrogen-bond donors (Lipinski definition) is 0. The summed E-state index contributed by atoms with van der Waals surface area (Å²) in [6.45, 7) is 7.13. The predicted molar refractivity (Wildman–Crippen MR) is 84.7 cm³/mol. The second kappa shape index (κ2) is 7.40. The summed E-state index contributed by atoms with van der Waals surface area (Å²) in [6, 6.07) is 6.12. The molecule has 0 N–H and O–H groups in total. The molecule has 0 aliphatic carbocycles.